The van der Waals surface area contributed by atoms with Crippen LogP contribution in [0.5, 0.6) is 5.88 Å². The lowest BCUT2D eigenvalue weighted by atomic mass is 9.93. The van der Waals surface area contributed by atoms with Gasteiger partial charge in [-0.3, -0.25) is 18.5 Å². The SMILES string of the molecule is CCn1c(O)c(/N=N/c2cc(Nc3nc(NCCC[Si]4(O)OC5CCCCCCC6O[Si]7(CCCN)OC(CC5O4)C6O7)nc(Nc4ccccc4)n3)ccc2S(=O)(=O)O)c(C)c(CS(=O)(=O)O)c1=O. The van der Waals surface area contributed by atoms with Crippen LogP contribution in [0.25, 0.3) is 0 Å². The van der Waals surface area contributed by atoms with Gasteiger partial charge >= 0.3 is 17.6 Å². The van der Waals surface area contributed by atoms with Gasteiger partial charge in [-0.15, -0.1) is 10.2 Å². The summed E-state index contributed by atoms with van der Waals surface area (Å²) in [7, 11) is -16.1. The molecule has 3 saturated heterocycles. The zero-order chi connectivity index (χ0) is 49.8. The van der Waals surface area contributed by atoms with E-state index in [1.807, 2.05) is 18.2 Å². The Morgan fingerprint density at radius 2 is 1.49 bits per heavy atom. The highest BCUT2D eigenvalue weighted by atomic mass is 32.2. The van der Waals surface area contributed by atoms with E-state index < -0.39 is 76.9 Å². The molecule has 3 aliphatic heterocycles. The maximum atomic E-state index is 13.0. The summed E-state index contributed by atoms with van der Waals surface area (Å²) in [5, 5.41) is 28.2. The fraction of sp³-hybridized carbons (Fsp3) is 0.524. The Bertz CT molecular complexity index is 2860. The van der Waals surface area contributed by atoms with Crippen LogP contribution in [0, 0.1) is 6.92 Å². The van der Waals surface area contributed by atoms with Crippen molar-refractivity contribution in [1.82, 2.24) is 19.5 Å². The second-order valence-electron chi connectivity index (χ2n) is 17.6. The highest BCUT2D eigenvalue weighted by Crippen LogP contribution is 2.46. The first-order chi connectivity index (χ1) is 33.3. The topological polar surface area (TPSA) is 343 Å². The number of benzene rings is 2. The molecular weight excluding hydrogens is 989 g/mol. The smallest absolute Gasteiger partial charge is 0.493 e. The maximum Gasteiger partial charge on any atom is 0.502 e. The van der Waals surface area contributed by atoms with E-state index in [-0.39, 0.29) is 72.2 Å². The van der Waals surface area contributed by atoms with Crippen molar-refractivity contribution in [3.8, 4) is 5.88 Å². The van der Waals surface area contributed by atoms with Crippen molar-refractivity contribution in [3.05, 3.63) is 70.0 Å². The normalized spacial score (nSPS) is 25.9. The first kappa shape index (κ1) is 51.5. The summed E-state index contributed by atoms with van der Waals surface area (Å²) in [6, 6.07) is 13.6. The third-order valence-electron chi connectivity index (χ3n) is 12.5. The van der Waals surface area contributed by atoms with Crippen LogP contribution < -0.4 is 27.2 Å². The Hall–Kier alpha value is -4.83. The lowest BCUT2D eigenvalue weighted by Crippen LogP contribution is -2.47. The molecule has 2 bridgehead atoms. The molecule has 0 spiro atoms. The molecule has 7 unspecified atom stereocenters. The number of para-hydroxylation sites is 1. The Balaban J connectivity index is 0.991. The molecule has 70 heavy (non-hydrogen) atoms. The zero-order valence-corrected chi connectivity index (χ0v) is 42.2. The number of hydrogen-bond acceptors (Lipinski definition) is 21. The van der Waals surface area contributed by atoms with Gasteiger partial charge in [-0.25, -0.2) is 0 Å². The molecule has 2 aromatic heterocycles. The molecule has 28 heteroatoms. The van der Waals surface area contributed by atoms with Crippen LogP contribution in [0.1, 0.15) is 75.8 Å². The Labute approximate surface area is 406 Å². The van der Waals surface area contributed by atoms with Crippen molar-refractivity contribution < 1.29 is 58.0 Å². The standard InChI is InChI=1S/C42H58N10O14S2Si2/c1-3-52-38(53)29(25-67(55,56)57)26(2)36(39(52)54)51-50-30-23-28(17-18-35(30)68(58,59)60)46-42-48-40(47-41(49-42)45-27-13-7-6-8-14-27)44-20-12-21-69(61)62-31-15-9-4-5-10-16-32-37-34(24-33(31)63-69)65-70(64-32,66-37)22-11-19-43/h6-8,13-14,17-18,23,31-34,37,54,61H,3-5,9-12,15-16,19-22,24-25,43H2,1-2H3,(H,55,56,57)(H,58,59,60)(H3,44,45,46,47,48,49)/b51-50+. The third-order valence-corrected chi connectivity index (χ3v) is 19.3. The number of nitrogens with one attached hydrogen (secondary N) is 3. The summed E-state index contributed by atoms with van der Waals surface area (Å²) in [5.74, 6) is -1.56. The first-order valence-electron chi connectivity index (χ1n) is 23.2. The number of hydrogen-bond donors (Lipinski definition) is 8. The summed E-state index contributed by atoms with van der Waals surface area (Å²) >= 11 is 0. The summed E-state index contributed by atoms with van der Waals surface area (Å²) in [5.41, 5.74) is 4.39. The van der Waals surface area contributed by atoms with Crippen molar-refractivity contribution in [2.24, 2.45) is 16.0 Å². The minimum absolute atomic E-state index is 0.0192. The molecule has 0 radical (unpaired) electrons. The first-order valence-corrected chi connectivity index (χ1v) is 30.1. The number of anilines is 5. The van der Waals surface area contributed by atoms with Gasteiger partial charge in [0.05, 0.1) is 30.5 Å². The molecule has 2 aromatic carbocycles. The van der Waals surface area contributed by atoms with Gasteiger partial charge in [0, 0.05) is 48.5 Å². The van der Waals surface area contributed by atoms with Crippen molar-refractivity contribution in [2.45, 2.75) is 131 Å². The summed E-state index contributed by atoms with van der Waals surface area (Å²) in [4.78, 5) is 37.7. The van der Waals surface area contributed by atoms with Crippen LogP contribution in [0.4, 0.5) is 40.6 Å². The average molecular weight is 1050 g/mol. The number of aromatic hydroxyl groups is 1. The van der Waals surface area contributed by atoms with E-state index in [0.717, 1.165) is 55.6 Å². The predicted octanol–water partition coefficient (Wildman–Crippen LogP) is 5.34. The predicted molar refractivity (Wildman–Crippen MR) is 258 cm³/mol. The Kier molecular flexibility index (Phi) is 15.8. The van der Waals surface area contributed by atoms with Crippen molar-refractivity contribution in [2.75, 3.05) is 29.0 Å². The number of fused-ring (bicyclic) bond motifs is 2. The summed E-state index contributed by atoms with van der Waals surface area (Å²) in [6.45, 7) is 3.47. The molecule has 4 fully saturated rings. The molecule has 7 atom stereocenters. The van der Waals surface area contributed by atoms with E-state index in [2.05, 4.69) is 41.1 Å². The molecule has 24 nitrogen and oxygen atoms in total. The highest BCUT2D eigenvalue weighted by Gasteiger charge is 2.64. The van der Waals surface area contributed by atoms with E-state index in [1.54, 1.807) is 12.1 Å². The molecule has 4 aliphatic rings. The van der Waals surface area contributed by atoms with Crippen molar-refractivity contribution >= 4 is 78.4 Å². The quantitative estimate of drug-likeness (QED) is 0.0270. The van der Waals surface area contributed by atoms with E-state index >= 15 is 0 Å². The van der Waals surface area contributed by atoms with Crippen molar-refractivity contribution in [3.63, 3.8) is 0 Å². The number of azo groups is 1. The molecule has 380 valence electrons. The van der Waals surface area contributed by atoms with Gasteiger partial charge in [0.2, 0.25) is 23.7 Å². The van der Waals surface area contributed by atoms with Crippen LogP contribution in [-0.2, 0) is 54.7 Å². The molecule has 1 saturated carbocycles. The minimum atomic E-state index is -4.92. The Morgan fingerprint density at radius 1 is 0.814 bits per heavy atom. The largest absolute Gasteiger partial charge is 0.502 e. The number of aromatic nitrogens is 4. The molecule has 1 aliphatic carbocycles. The highest BCUT2D eigenvalue weighted by molar-refractivity contribution is 7.86. The van der Waals surface area contributed by atoms with Gasteiger partial charge in [-0.05, 0) is 82.0 Å². The fourth-order valence-corrected chi connectivity index (χ4v) is 16.1. The second-order valence-corrected chi connectivity index (χ2v) is 25.4. The molecular formula is C42H58N10O14S2Si2. The summed E-state index contributed by atoms with van der Waals surface area (Å²) in [6.07, 6.45) is 6.37. The third kappa shape index (κ3) is 12.3. The van der Waals surface area contributed by atoms with Crippen LogP contribution >= 0.6 is 0 Å². The molecule has 9 N–H and O–H groups in total. The van der Waals surface area contributed by atoms with Crippen LogP contribution in [0.2, 0.25) is 12.1 Å². The van der Waals surface area contributed by atoms with Gasteiger partial charge in [0.1, 0.15) is 22.0 Å². The number of nitrogens with two attached hydrogens (primary N) is 1. The van der Waals surface area contributed by atoms with Crippen LogP contribution in [-0.4, -0.2) is 117 Å². The lowest BCUT2D eigenvalue weighted by Gasteiger charge is -2.33. The van der Waals surface area contributed by atoms with Gasteiger partial charge in [0.25, 0.3) is 25.8 Å². The number of nitrogens with zero attached hydrogens (tertiary/aromatic N) is 6. The lowest BCUT2D eigenvalue weighted by molar-refractivity contribution is -0.0100. The van der Waals surface area contributed by atoms with E-state index in [1.165, 1.54) is 26.0 Å². The van der Waals surface area contributed by atoms with E-state index in [9.17, 15) is 40.6 Å². The zero-order valence-electron chi connectivity index (χ0n) is 38.6. The van der Waals surface area contributed by atoms with Crippen molar-refractivity contribution in [1.29, 1.82) is 0 Å². The van der Waals surface area contributed by atoms with Gasteiger partial charge in [0.15, 0.2) is 0 Å². The number of pyridine rings is 1. The average Bonchev–Trinajstić information content (AvgIpc) is 3.95. The molecule has 8 rings (SSSR count). The Morgan fingerprint density at radius 3 is 2.17 bits per heavy atom. The van der Waals surface area contributed by atoms with Gasteiger partial charge in [-0.2, -0.15) is 31.8 Å². The van der Waals surface area contributed by atoms with Crippen LogP contribution in [0.3, 0.4) is 0 Å². The molecule has 4 aromatic rings. The summed E-state index contributed by atoms with van der Waals surface area (Å²) < 4.78 is 101. The maximum absolute atomic E-state index is 13.0. The fourth-order valence-electron chi connectivity index (χ4n) is 9.14. The molecule has 0 amide bonds. The number of rotatable bonds is 18. The van der Waals surface area contributed by atoms with E-state index in [0.29, 0.717) is 37.7 Å². The van der Waals surface area contributed by atoms with Gasteiger partial charge in [-0.1, -0.05) is 43.9 Å². The minimum Gasteiger partial charge on any atom is -0.493 e. The van der Waals surface area contributed by atoms with E-state index in [4.69, 9.17) is 27.9 Å². The second kappa shape index (κ2) is 21.5. The van der Waals surface area contributed by atoms with Crippen LogP contribution in [0.15, 0.2) is 68.4 Å². The van der Waals surface area contributed by atoms with Gasteiger partial charge < -0.3 is 53.7 Å². The molecule has 5 heterocycles. The monoisotopic (exact) mass is 1050 g/mol.